The van der Waals surface area contributed by atoms with E-state index in [2.05, 4.69) is 32.4 Å². The number of nitrogens with zero attached hydrogens (tertiary/aromatic N) is 2. The topological polar surface area (TPSA) is 79.9 Å². The second kappa shape index (κ2) is 10.2. The molecule has 3 heterocycles. The minimum Gasteiger partial charge on any atom is -0.486 e. The number of fused-ring (bicyclic) bond motifs is 1. The third kappa shape index (κ3) is 4.95. The summed E-state index contributed by atoms with van der Waals surface area (Å²) in [4.78, 5) is 24.4. The molecule has 0 aliphatic carbocycles. The monoisotopic (exact) mass is 496 g/mol. The van der Waals surface area contributed by atoms with Crippen molar-refractivity contribution in [1.82, 2.24) is 15.0 Å². The minimum absolute atomic E-state index is 0.201. The molecule has 0 amide bonds. The van der Waals surface area contributed by atoms with Crippen LogP contribution in [0.5, 0.6) is 5.75 Å². The van der Waals surface area contributed by atoms with Gasteiger partial charge in [0.15, 0.2) is 0 Å². The molecule has 7 heteroatoms. The van der Waals surface area contributed by atoms with E-state index in [4.69, 9.17) is 16.3 Å². The summed E-state index contributed by atoms with van der Waals surface area (Å²) in [5.41, 5.74) is 6.00. The van der Waals surface area contributed by atoms with Crippen molar-refractivity contribution in [1.29, 1.82) is 0 Å². The molecule has 6 nitrogen and oxygen atoms in total. The number of anilines is 1. The van der Waals surface area contributed by atoms with Gasteiger partial charge in [-0.25, -0.2) is 0 Å². The van der Waals surface area contributed by atoms with Gasteiger partial charge in [-0.1, -0.05) is 29.8 Å². The Morgan fingerprint density at radius 1 is 1.06 bits per heavy atom. The lowest BCUT2D eigenvalue weighted by Gasteiger charge is -2.17. The molecular weight excluding hydrogens is 472 g/mol. The Hall–Kier alpha value is -4.16. The smallest absolute Gasteiger partial charge is 0.253 e. The Morgan fingerprint density at radius 2 is 1.94 bits per heavy atom. The molecule has 1 atom stereocenters. The molecule has 5 rings (SSSR count). The molecule has 0 saturated heterocycles. The first kappa shape index (κ1) is 23.6. The predicted molar refractivity (Wildman–Crippen MR) is 145 cm³/mol. The summed E-state index contributed by atoms with van der Waals surface area (Å²) in [6.07, 6.45) is 5.36. The lowest BCUT2D eigenvalue weighted by molar-refractivity contribution is 0.302. The summed E-state index contributed by atoms with van der Waals surface area (Å²) in [6.45, 7) is 4.29. The number of aromatic nitrogens is 3. The van der Waals surface area contributed by atoms with Crippen LogP contribution in [0.25, 0.3) is 22.0 Å². The quantitative estimate of drug-likeness (QED) is 0.262. The molecular formula is C29H25ClN4O2. The summed E-state index contributed by atoms with van der Waals surface area (Å²) in [5, 5.41) is 4.65. The van der Waals surface area contributed by atoms with Gasteiger partial charge in [0.1, 0.15) is 17.4 Å². The minimum atomic E-state index is -0.231. The van der Waals surface area contributed by atoms with Crippen LogP contribution in [0.15, 0.2) is 90.1 Å². The maximum atomic E-state index is 13.0. The van der Waals surface area contributed by atoms with Crippen molar-refractivity contribution in [2.24, 2.45) is 0 Å². The molecule has 0 spiro atoms. The van der Waals surface area contributed by atoms with E-state index in [1.165, 1.54) is 0 Å². The number of hydrogen-bond donors (Lipinski definition) is 2. The highest BCUT2D eigenvalue weighted by Crippen LogP contribution is 2.33. The van der Waals surface area contributed by atoms with Crippen LogP contribution >= 0.6 is 11.6 Å². The number of hydrogen-bond acceptors (Lipinski definition) is 5. The number of benzene rings is 2. The van der Waals surface area contributed by atoms with Gasteiger partial charge >= 0.3 is 0 Å². The highest BCUT2D eigenvalue weighted by molar-refractivity contribution is 6.36. The van der Waals surface area contributed by atoms with Gasteiger partial charge in [0.25, 0.3) is 5.56 Å². The Bertz CT molecular complexity index is 1580. The van der Waals surface area contributed by atoms with E-state index in [1.807, 2.05) is 74.6 Å². The van der Waals surface area contributed by atoms with Crippen LogP contribution in [0.1, 0.15) is 29.8 Å². The standard InChI is InChI=1S/C29H25ClN4O2/c1-18-16-31-13-11-24(18)20-6-5-8-22(14-20)33-19(2)25-15-21-9-10-26(27(30)28(21)34-29(25)35)36-17-23-7-3-4-12-32-23/h3-16,19,33H,17H2,1-2H3,(H,34,35)/t19-/m0/s1. The van der Waals surface area contributed by atoms with Gasteiger partial charge in [0.05, 0.1) is 17.3 Å². The second-order valence-electron chi connectivity index (χ2n) is 8.64. The third-order valence-electron chi connectivity index (χ3n) is 6.10. The van der Waals surface area contributed by atoms with E-state index in [1.54, 1.807) is 12.4 Å². The average Bonchev–Trinajstić information content (AvgIpc) is 2.89. The van der Waals surface area contributed by atoms with Gasteiger partial charge < -0.3 is 15.0 Å². The number of nitrogens with one attached hydrogen (secondary N) is 2. The van der Waals surface area contributed by atoms with Gasteiger partial charge in [-0.2, -0.15) is 0 Å². The fourth-order valence-electron chi connectivity index (χ4n) is 4.21. The maximum Gasteiger partial charge on any atom is 0.253 e. The first-order valence-corrected chi connectivity index (χ1v) is 12.0. The van der Waals surface area contributed by atoms with Crippen molar-refractivity contribution in [3.63, 3.8) is 0 Å². The Balaban J connectivity index is 1.38. The number of halogens is 1. The summed E-state index contributed by atoms with van der Waals surface area (Å²) >= 11 is 6.59. The number of aromatic amines is 1. The van der Waals surface area contributed by atoms with Crippen molar-refractivity contribution in [2.45, 2.75) is 26.5 Å². The SMILES string of the molecule is Cc1cnccc1-c1cccc(N[C@@H](C)c2cc3ccc(OCc4ccccn4)c(Cl)c3[nH]c2=O)c1. The van der Waals surface area contributed by atoms with Crippen LogP contribution in [0, 0.1) is 6.92 Å². The molecule has 0 aliphatic heterocycles. The zero-order chi connectivity index (χ0) is 25.1. The van der Waals surface area contributed by atoms with E-state index in [0.29, 0.717) is 21.9 Å². The number of H-pyrrole nitrogens is 1. The first-order valence-electron chi connectivity index (χ1n) is 11.7. The molecule has 2 N–H and O–H groups in total. The fraction of sp³-hybridized carbons (Fsp3) is 0.138. The molecule has 0 saturated carbocycles. The molecule has 5 aromatic rings. The number of aryl methyl sites for hydroxylation is 1. The zero-order valence-electron chi connectivity index (χ0n) is 20.0. The first-order chi connectivity index (χ1) is 17.5. The summed E-state index contributed by atoms with van der Waals surface area (Å²) in [7, 11) is 0. The van der Waals surface area contributed by atoms with Crippen LogP contribution in [0.2, 0.25) is 5.02 Å². The van der Waals surface area contributed by atoms with Crippen LogP contribution in [0.3, 0.4) is 0 Å². The van der Waals surface area contributed by atoms with Crippen LogP contribution in [-0.2, 0) is 6.61 Å². The highest BCUT2D eigenvalue weighted by Gasteiger charge is 2.15. The van der Waals surface area contributed by atoms with Gasteiger partial charge in [-0.3, -0.25) is 14.8 Å². The van der Waals surface area contributed by atoms with E-state index in [-0.39, 0.29) is 18.2 Å². The van der Waals surface area contributed by atoms with Gasteiger partial charge in [0, 0.05) is 35.2 Å². The van der Waals surface area contributed by atoms with Gasteiger partial charge in [-0.15, -0.1) is 0 Å². The van der Waals surface area contributed by atoms with Gasteiger partial charge in [-0.05, 0) is 79.1 Å². The molecule has 0 unspecified atom stereocenters. The Morgan fingerprint density at radius 3 is 2.75 bits per heavy atom. The molecule has 0 radical (unpaired) electrons. The molecule has 180 valence electrons. The van der Waals surface area contributed by atoms with E-state index < -0.39 is 0 Å². The van der Waals surface area contributed by atoms with Crippen molar-refractivity contribution in [3.8, 4) is 16.9 Å². The predicted octanol–water partition coefficient (Wildman–Crippen LogP) is 6.70. The maximum absolute atomic E-state index is 13.0. The Labute approximate surface area is 214 Å². The lowest BCUT2D eigenvalue weighted by atomic mass is 10.0. The van der Waals surface area contributed by atoms with Crippen molar-refractivity contribution < 1.29 is 4.74 Å². The fourth-order valence-corrected chi connectivity index (χ4v) is 4.48. The summed E-state index contributed by atoms with van der Waals surface area (Å²) < 4.78 is 5.85. The molecule has 0 aliphatic rings. The van der Waals surface area contributed by atoms with Gasteiger partial charge in [0.2, 0.25) is 0 Å². The molecule has 0 bridgehead atoms. The number of ether oxygens (including phenoxy) is 1. The molecule has 36 heavy (non-hydrogen) atoms. The highest BCUT2D eigenvalue weighted by atomic mass is 35.5. The second-order valence-corrected chi connectivity index (χ2v) is 9.02. The van der Waals surface area contributed by atoms with Crippen LogP contribution < -0.4 is 15.6 Å². The normalized spacial score (nSPS) is 11.9. The van der Waals surface area contributed by atoms with Crippen LogP contribution in [0.4, 0.5) is 5.69 Å². The molecule has 2 aromatic carbocycles. The largest absolute Gasteiger partial charge is 0.486 e. The molecule has 3 aromatic heterocycles. The Kier molecular flexibility index (Phi) is 6.69. The van der Waals surface area contributed by atoms with E-state index >= 15 is 0 Å². The van der Waals surface area contributed by atoms with Crippen molar-refractivity contribution in [2.75, 3.05) is 5.32 Å². The summed E-state index contributed by atoms with van der Waals surface area (Å²) in [5.74, 6) is 0.493. The van der Waals surface area contributed by atoms with E-state index in [0.717, 1.165) is 33.5 Å². The third-order valence-corrected chi connectivity index (χ3v) is 6.47. The molecule has 0 fully saturated rings. The van der Waals surface area contributed by atoms with Crippen LogP contribution in [-0.4, -0.2) is 15.0 Å². The zero-order valence-corrected chi connectivity index (χ0v) is 20.7. The van der Waals surface area contributed by atoms with Crippen molar-refractivity contribution >= 4 is 28.2 Å². The van der Waals surface area contributed by atoms with Crippen molar-refractivity contribution in [3.05, 3.63) is 118 Å². The lowest BCUT2D eigenvalue weighted by Crippen LogP contribution is -2.19. The summed E-state index contributed by atoms with van der Waals surface area (Å²) in [6, 6.07) is 21.1. The average molecular weight is 497 g/mol. The number of rotatable bonds is 7. The number of pyridine rings is 3. The van der Waals surface area contributed by atoms with E-state index in [9.17, 15) is 4.79 Å².